The van der Waals surface area contributed by atoms with Gasteiger partial charge in [-0.1, -0.05) is 0 Å². The number of nitrogens with zero attached hydrogens (tertiary/aromatic N) is 2. The lowest BCUT2D eigenvalue weighted by molar-refractivity contribution is 0.325. The molecule has 0 aliphatic heterocycles. The predicted octanol–water partition coefficient (Wildman–Crippen LogP) is 2.69. The summed E-state index contributed by atoms with van der Waals surface area (Å²) in [4.78, 5) is 8.40. The molecule has 2 rings (SSSR count). The zero-order valence-electron chi connectivity index (χ0n) is 10.0. The fourth-order valence-electron chi connectivity index (χ4n) is 2.10. The van der Waals surface area contributed by atoms with Crippen molar-refractivity contribution in [2.75, 3.05) is 18.5 Å². The Morgan fingerprint density at radius 3 is 3.06 bits per heavy atom. The number of alkyl halides is 1. The van der Waals surface area contributed by atoms with Crippen LogP contribution in [0.3, 0.4) is 0 Å². The molecule has 1 N–H and O–H groups in total. The van der Waals surface area contributed by atoms with Gasteiger partial charge in [0.2, 0.25) is 5.88 Å². The third kappa shape index (κ3) is 3.73. The van der Waals surface area contributed by atoms with E-state index in [4.69, 9.17) is 16.3 Å². The third-order valence-electron chi connectivity index (χ3n) is 2.95. The molecule has 1 aromatic rings. The summed E-state index contributed by atoms with van der Waals surface area (Å²) in [5, 5.41) is 3.64. The predicted molar refractivity (Wildman–Crippen MR) is 68.7 cm³/mol. The van der Waals surface area contributed by atoms with Crippen LogP contribution in [0.15, 0.2) is 12.4 Å². The average molecular weight is 256 g/mol. The summed E-state index contributed by atoms with van der Waals surface area (Å²) in [6, 6.07) is 0. The molecule has 1 aliphatic carbocycles. The topological polar surface area (TPSA) is 47.0 Å². The van der Waals surface area contributed by atoms with Gasteiger partial charge in [0.15, 0.2) is 0 Å². The molecule has 1 heterocycles. The van der Waals surface area contributed by atoms with Crippen molar-refractivity contribution in [1.82, 2.24) is 9.97 Å². The lowest BCUT2D eigenvalue weighted by atomic mass is 10.1. The summed E-state index contributed by atoms with van der Waals surface area (Å²) in [7, 11) is 0. The SMILES string of the molecule is CCOc1cncc(NCC2CCC(Cl)C2)n1. The second-order valence-electron chi connectivity index (χ2n) is 4.33. The fraction of sp³-hybridized carbons (Fsp3) is 0.667. The van der Waals surface area contributed by atoms with E-state index in [0.29, 0.717) is 23.8 Å². The van der Waals surface area contributed by atoms with Gasteiger partial charge in [-0.2, -0.15) is 4.98 Å². The second kappa shape index (κ2) is 6.05. The minimum absolute atomic E-state index is 0.350. The number of hydrogen-bond acceptors (Lipinski definition) is 4. The molecule has 4 nitrogen and oxygen atoms in total. The minimum atomic E-state index is 0.350. The molecule has 1 aromatic heterocycles. The Kier molecular flexibility index (Phi) is 4.42. The summed E-state index contributed by atoms with van der Waals surface area (Å²) in [5.41, 5.74) is 0. The number of ether oxygens (including phenoxy) is 1. The highest BCUT2D eigenvalue weighted by atomic mass is 35.5. The van der Waals surface area contributed by atoms with Gasteiger partial charge in [-0.25, -0.2) is 0 Å². The summed E-state index contributed by atoms with van der Waals surface area (Å²) in [6.07, 6.45) is 6.75. The molecule has 0 radical (unpaired) electrons. The summed E-state index contributed by atoms with van der Waals surface area (Å²) in [5.74, 6) is 1.99. The molecule has 0 saturated heterocycles. The van der Waals surface area contributed by atoms with Crippen LogP contribution in [0, 0.1) is 5.92 Å². The van der Waals surface area contributed by atoms with Crippen molar-refractivity contribution in [3.8, 4) is 5.88 Å². The van der Waals surface area contributed by atoms with E-state index < -0.39 is 0 Å². The molecule has 0 amide bonds. The lowest BCUT2D eigenvalue weighted by Gasteiger charge is -2.11. The summed E-state index contributed by atoms with van der Waals surface area (Å²) >= 11 is 6.08. The van der Waals surface area contributed by atoms with Crippen LogP contribution in [0.5, 0.6) is 5.88 Å². The van der Waals surface area contributed by atoms with Crippen LogP contribution < -0.4 is 10.1 Å². The third-order valence-corrected chi connectivity index (χ3v) is 3.35. The maximum absolute atomic E-state index is 6.08. The zero-order chi connectivity index (χ0) is 12.1. The number of rotatable bonds is 5. The molecular weight excluding hydrogens is 238 g/mol. The van der Waals surface area contributed by atoms with Crippen molar-refractivity contribution in [3.63, 3.8) is 0 Å². The van der Waals surface area contributed by atoms with Gasteiger partial charge in [0.05, 0.1) is 19.0 Å². The van der Waals surface area contributed by atoms with Gasteiger partial charge < -0.3 is 10.1 Å². The van der Waals surface area contributed by atoms with Crippen LogP contribution in [0.1, 0.15) is 26.2 Å². The quantitative estimate of drug-likeness (QED) is 0.822. The Labute approximate surface area is 107 Å². The first kappa shape index (κ1) is 12.4. The minimum Gasteiger partial charge on any atom is -0.477 e. The first-order chi connectivity index (χ1) is 8.28. The van der Waals surface area contributed by atoms with E-state index in [1.54, 1.807) is 12.4 Å². The molecule has 2 atom stereocenters. The first-order valence-corrected chi connectivity index (χ1v) is 6.54. The Hall–Kier alpha value is -1.03. The molecule has 94 valence electrons. The van der Waals surface area contributed by atoms with Crippen LogP contribution in [-0.4, -0.2) is 28.5 Å². The molecule has 5 heteroatoms. The molecule has 17 heavy (non-hydrogen) atoms. The monoisotopic (exact) mass is 255 g/mol. The van der Waals surface area contributed by atoms with E-state index >= 15 is 0 Å². The molecule has 1 fully saturated rings. The zero-order valence-corrected chi connectivity index (χ0v) is 10.8. The van der Waals surface area contributed by atoms with Gasteiger partial charge in [0.1, 0.15) is 5.82 Å². The van der Waals surface area contributed by atoms with Gasteiger partial charge in [-0.15, -0.1) is 11.6 Å². The number of hydrogen-bond donors (Lipinski definition) is 1. The molecule has 0 aromatic carbocycles. The molecule has 2 unspecified atom stereocenters. The number of halogens is 1. The standard InChI is InChI=1S/C12H18ClN3O/c1-2-17-12-8-14-7-11(16-12)15-6-9-3-4-10(13)5-9/h7-10H,2-6H2,1H3,(H,15,16). The number of nitrogens with one attached hydrogen (secondary N) is 1. The van der Waals surface area contributed by atoms with Crippen molar-refractivity contribution in [3.05, 3.63) is 12.4 Å². The lowest BCUT2D eigenvalue weighted by Crippen LogP contribution is -2.13. The van der Waals surface area contributed by atoms with E-state index in [-0.39, 0.29) is 0 Å². The first-order valence-electron chi connectivity index (χ1n) is 6.10. The van der Waals surface area contributed by atoms with Crippen molar-refractivity contribution < 1.29 is 4.74 Å². The van der Waals surface area contributed by atoms with E-state index in [9.17, 15) is 0 Å². The molecule has 0 bridgehead atoms. The largest absolute Gasteiger partial charge is 0.477 e. The Morgan fingerprint density at radius 1 is 1.47 bits per heavy atom. The van der Waals surface area contributed by atoms with Crippen LogP contribution in [0.2, 0.25) is 0 Å². The Bertz CT molecular complexity index is 361. The van der Waals surface area contributed by atoms with E-state index in [0.717, 1.165) is 25.2 Å². The highest BCUT2D eigenvalue weighted by molar-refractivity contribution is 6.20. The van der Waals surface area contributed by atoms with Crippen LogP contribution in [-0.2, 0) is 0 Å². The van der Waals surface area contributed by atoms with Gasteiger partial charge in [0, 0.05) is 11.9 Å². The second-order valence-corrected chi connectivity index (χ2v) is 4.95. The molecule has 0 spiro atoms. The van der Waals surface area contributed by atoms with Crippen LogP contribution in [0.4, 0.5) is 5.82 Å². The van der Waals surface area contributed by atoms with Crippen molar-refractivity contribution >= 4 is 17.4 Å². The van der Waals surface area contributed by atoms with E-state index in [2.05, 4.69) is 15.3 Å². The van der Waals surface area contributed by atoms with E-state index in [1.807, 2.05) is 6.92 Å². The normalized spacial score (nSPS) is 23.6. The fourth-order valence-corrected chi connectivity index (χ4v) is 2.48. The van der Waals surface area contributed by atoms with Crippen molar-refractivity contribution in [2.45, 2.75) is 31.6 Å². The molecular formula is C12H18ClN3O. The summed E-state index contributed by atoms with van der Waals surface area (Å²) < 4.78 is 5.30. The van der Waals surface area contributed by atoms with Gasteiger partial charge in [-0.3, -0.25) is 4.98 Å². The van der Waals surface area contributed by atoms with Crippen molar-refractivity contribution in [1.29, 1.82) is 0 Å². The highest BCUT2D eigenvalue weighted by Crippen LogP contribution is 2.29. The van der Waals surface area contributed by atoms with Crippen LogP contribution >= 0.6 is 11.6 Å². The average Bonchev–Trinajstić information content (AvgIpc) is 2.74. The number of anilines is 1. The Balaban J connectivity index is 1.83. The molecule has 1 aliphatic rings. The van der Waals surface area contributed by atoms with Gasteiger partial charge in [0.25, 0.3) is 0 Å². The maximum atomic E-state index is 6.08. The molecule has 1 saturated carbocycles. The van der Waals surface area contributed by atoms with Gasteiger partial charge >= 0.3 is 0 Å². The van der Waals surface area contributed by atoms with Crippen LogP contribution in [0.25, 0.3) is 0 Å². The smallest absolute Gasteiger partial charge is 0.234 e. The van der Waals surface area contributed by atoms with Crippen molar-refractivity contribution in [2.24, 2.45) is 5.92 Å². The Morgan fingerprint density at radius 2 is 2.35 bits per heavy atom. The number of aromatic nitrogens is 2. The highest BCUT2D eigenvalue weighted by Gasteiger charge is 2.22. The van der Waals surface area contributed by atoms with Gasteiger partial charge in [-0.05, 0) is 32.1 Å². The van der Waals surface area contributed by atoms with E-state index in [1.165, 1.54) is 6.42 Å². The summed E-state index contributed by atoms with van der Waals surface area (Å²) in [6.45, 7) is 3.45. The maximum Gasteiger partial charge on any atom is 0.234 e.